The minimum Gasteiger partial charge on any atom is -0.356 e. The van der Waals surface area contributed by atoms with Crippen LogP contribution >= 0.6 is 0 Å². The Morgan fingerprint density at radius 3 is 2.70 bits per heavy atom. The van der Waals surface area contributed by atoms with Crippen molar-refractivity contribution in [3.05, 3.63) is 54.0 Å². The molecule has 0 saturated carbocycles. The van der Waals surface area contributed by atoms with Crippen molar-refractivity contribution in [2.24, 2.45) is 0 Å². The van der Waals surface area contributed by atoms with Gasteiger partial charge in [0, 0.05) is 43.5 Å². The van der Waals surface area contributed by atoms with Gasteiger partial charge in [-0.15, -0.1) is 10.2 Å². The molecule has 0 atom stereocenters. The van der Waals surface area contributed by atoms with Crippen molar-refractivity contribution in [3.8, 4) is 11.4 Å². The molecule has 2 aliphatic heterocycles. The fourth-order valence-corrected chi connectivity index (χ4v) is 4.39. The summed E-state index contributed by atoms with van der Waals surface area (Å²) in [5.41, 5.74) is 2.33. The lowest BCUT2D eigenvalue weighted by molar-refractivity contribution is 0.102. The van der Waals surface area contributed by atoms with Crippen LogP contribution in [0.3, 0.4) is 0 Å². The van der Waals surface area contributed by atoms with Gasteiger partial charge in [-0.3, -0.25) is 4.79 Å². The van der Waals surface area contributed by atoms with Crippen molar-refractivity contribution in [2.45, 2.75) is 45.1 Å². The fraction of sp³-hybridized carbons (Fsp3) is 0.391. The van der Waals surface area contributed by atoms with Crippen molar-refractivity contribution >= 4 is 17.4 Å². The summed E-state index contributed by atoms with van der Waals surface area (Å²) in [7, 11) is 0. The molecule has 7 heteroatoms. The maximum Gasteiger partial charge on any atom is 0.259 e. The molecule has 1 amide bonds. The molecule has 0 radical (unpaired) electrons. The van der Waals surface area contributed by atoms with Crippen LogP contribution in [0.2, 0.25) is 0 Å². The van der Waals surface area contributed by atoms with Gasteiger partial charge in [0.2, 0.25) is 0 Å². The van der Waals surface area contributed by atoms with Gasteiger partial charge < -0.3 is 14.8 Å². The average Bonchev–Trinajstić information content (AvgIpc) is 3.39. The average molecular weight is 403 g/mol. The Kier molecular flexibility index (Phi) is 5.17. The minimum atomic E-state index is -0.137. The number of carbonyl (C=O) groups excluding carboxylic acids is 1. The third-order valence-electron chi connectivity index (χ3n) is 5.93. The van der Waals surface area contributed by atoms with E-state index in [-0.39, 0.29) is 5.91 Å². The Labute approximate surface area is 176 Å². The van der Waals surface area contributed by atoms with E-state index in [0.29, 0.717) is 5.56 Å². The predicted molar refractivity (Wildman–Crippen MR) is 117 cm³/mol. The number of hydrogen-bond acceptors (Lipinski definition) is 5. The second-order valence-electron chi connectivity index (χ2n) is 8.01. The molecule has 1 N–H and O–H groups in total. The molecular formula is C23H26N6O. The zero-order valence-electron chi connectivity index (χ0n) is 17.0. The van der Waals surface area contributed by atoms with Gasteiger partial charge in [0.1, 0.15) is 11.6 Å². The number of rotatable bonds is 4. The van der Waals surface area contributed by atoms with E-state index in [1.807, 2.05) is 36.4 Å². The SMILES string of the molecule is O=C(Nc1cccc(-c2nnc3n2CCCCC3)c1)c1cccnc1N1CCCC1. The Bertz CT molecular complexity index is 1050. The molecule has 3 aromatic rings. The first-order valence-corrected chi connectivity index (χ1v) is 10.8. The van der Waals surface area contributed by atoms with E-state index < -0.39 is 0 Å². The number of nitrogens with one attached hydrogen (secondary N) is 1. The highest BCUT2D eigenvalue weighted by Crippen LogP contribution is 2.26. The van der Waals surface area contributed by atoms with Crippen LogP contribution in [0.15, 0.2) is 42.6 Å². The van der Waals surface area contributed by atoms with Crippen LogP contribution in [0.1, 0.15) is 48.3 Å². The number of hydrogen-bond donors (Lipinski definition) is 1. The highest BCUT2D eigenvalue weighted by atomic mass is 16.1. The number of benzene rings is 1. The standard InChI is InChI=1S/C23H26N6O/c30-23(19-10-7-12-24-22(19)28-13-4-5-14-28)25-18-9-6-8-17(16-18)21-27-26-20-11-2-1-3-15-29(20)21/h6-10,12,16H,1-5,11,13-15H2,(H,25,30). The molecule has 5 rings (SSSR count). The number of aryl methyl sites for hydroxylation is 1. The first-order chi connectivity index (χ1) is 14.8. The van der Waals surface area contributed by atoms with Gasteiger partial charge in [0.05, 0.1) is 5.56 Å². The number of nitrogens with zero attached hydrogens (tertiary/aromatic N) is 5. The van der Waals surface area contributed by atoms with Crippen LogP contribution < -0.4 is 10.2 Å². The molecule has 1 saturated heterocycles. The number of aromatic nitrogens is 4. The van der Waals surface area contributed by atoms with E-state index in [2.05, 4.69) is 30.0 Å². The molecule has 7 nitrogen and oxygen atoms in total. The third kappa shape index (κ3) is 3.67. The Hall–Kier alpha value is -3.22. The van der Waals surface area contributed by atoms with E-state index in [0.717, 1.165) is 74.0 Å². The normalized spacial score (nSPS) is 16.2. The van der Waals surface area contributed by atoms with Gasteiger partial charge in [-0.25, -0.2) is 4.98 Å². The van der Waals surface area contributed by atoms with Crippen LogP contribution in [-0.4, -0.2) is 38.7 Å². The van der Waals surface area contributed by atoms with E-state index in [1.165, 1.54) is 12.8 Å². The van der Waals surface area contributed by atoms with E-state index in [4.69, 9.17) is 0 Å². The first-order valence-electron chi connectivity index (χ1n) is 10.8. The monoisotopic (exact) mass is 402 g/mol. The van der Waals surface area contributed by atoms with Crippen LogP contribution in [0.5, 0.6) is 0 Å². The maximum absolute atomic E-state index is 13.1. The molecule has 2 aromatic heterocycles. The zero-order chi connectivity index (χ0) is 20.3. The van der Waals surface area contributed by atoms with E-state index >= 15 is 0 Å². The molecule has 154 valence electrons. The highest BCUT2D eigenvalue weighted by Gasteiger charge is 2.21. The molecule has 0 bridgehead atoms. The molecule has 4 heterocycles. The molecule has 2 aliphatic rings. The maximum atomic E-state index is 13.1. The van der Waals surface area contributed by atoms with Crippen LogP contribution in [-0.2, 0) is 13.0 Å². The van der Waals surface area contributed by atoms with Gasteiger partial charge in [0.15, 0.2) is 5.82 Å². The number of pyridine rings is 1. The largest absolute Gasteiger partial charge is 0.356 e. The lowest BCUT2D eigenvalue weighted by atomic mass is 10.1. The van der Waals surface area contributed by atoms with Crippen LogP contribution in [0, 0.1) is 0 Å². The smallest absolute Gasteiger partial charge is 0.259 e. The lowest BCUT2D eigenvalue weighted by Crippen LogP contribution is -2.24. The van der Waals surface area contributed by atoms with Crippen molar-refractivity contribution in [1.29, 1.82) is 0 Å². The number of anilines is 2. The van der Waals surface area contributed by atoms with Gasteiger partial charge >= 0.3 is 0 Å². The van der Waals surface area contributed by atoms with Crippen molar-refractivity contribution in [1.82, 2.24) is 19.7 Å². The first kappa shape index (κ1) is 18.8. The third-order valence-corrected chi connectivity index (χ3v) is 5.93. The van der Waals surface area contributed by atoms with Crippen molar-refractivity contribution < 1.29 is 4.79 Å². The number of fused-ring (bicyclic) bond motifs is 1. The van der Waals surface area contributed by atoms with Gasteiger partial charge in [-0.2, -0.15) is 0 Å². The summed E-state index contributed by atoms with van der Waals surface area (Å²) < 4.78 is 2.22. The second kappa shape index (κ2) is 8.26. The quantitative estimate of drug-likeness (QED) is 0.716. The minimum absolute atomic E-state index is 0.137. The Morgan fingerprint density at radius 1 is 0.933 bits per heavy atom. The molecule has 1 fully saturated rings. The molecule has 0 spiro atoms. The molecule has 30 heavy (non-hydrogen) atoms. The van der Waals surface area contributed by atoms with Gasteiger partial charge in [-0.1, -0.05) is 18.6 Å². The van der Waals surface area contributed by atoms with Gasteiger partial charge in [-0.05, 0) is 49.9 Å². The second-order valence-corrected chi connectivity index (χ2v) is 8.01. The Morgan fingerprint density at radius 2 is 1.80 bits per heavy atom. The summed E-state index contributed by atoms with van der Waals surface area (Å²) in [5.74, 6) is 2.57. The summed E-state index contributed by atoms with van der Waals surface area (Å²) >= 11 is 0. The molecular weight excluding hydrogens is 376 g/mol. The fourth-order valence-electron chi connectivity index (χ4n) is 4.39. The number of carbonyl (C=O) groups is 1. The zero-order valence-corrected chi connectivity index (χ0v) is 17.0. The molecule has 0 unspecified atom stereocenters. The van der Waals surface area contributed by atoms with Crippen LogP contribution in [0.25, 0.3) is 11.4 Å². The van der Waals surface area contributed by atoms with Gasteiger partial charge in [0.25, 0.3) is 5.91 Å². The van der Waals surface area contributed by atoms with Crippen molar-refractivity contribution in [3.63, 3.8) is 0 Å². The van der Waals surface area contributed by atoms with E-state index in [1.54, 1.807) is 6.20 Å². The topological polar surface area (TPSA) is 75.9 Å². The van der Waals surface area contributed by atoms with E-state index in [9.17, 15) is 4.79 Å². The highest BCUT2D eigenvalue weighted by molar-refractivity contribution is 6.07. The van der Waals surface area contributed by atoms with Crippen LogP contribution in [0.4, 0.5) is 11.5 Å². The predicted octanol–water partition coefficient (Wildman–Crippen LogP) is 3.92. The van der Waals surface area contributed by atoms with Crippen molar-refractivity contribution in [2.75, 3.05) is 23.3 Å². The summed E-state index contributed by atoms with van der Waals surface area (Å²) in [6.07, 6.45) is 8.55. The summed E-state index contributed by atoms with van der Waals surface area (Å²) in [6, 6.07) is 11.5. The summed E-state index contributed by atoms with van der Waals surface area (Å²) in [4.78, 5) is 19.7. The molecule has 0 aliphatic carbocycles. The molecule has 1 aromatic carbocycles. The number of amides is 1. The Balaban J connectivity index is 1.40. The summed E-state index contributed by atoms with van der Waals surface area (Å²) in [6.45, 7) is 2.85. The lowest BCUT2D eigenvalue weighted by Gasteiger charge is -2.19. The summed E-state index contributed by atoms with van der Waals surface area (Å²) in [5, 5.41) is 11.9.